The summed E-state index contributed by atoms with van der Waals surface area (Å²) in [5.41, 5.74) is 4.87. The lowest BCUT2D eigenvalue weighted by atomic mass is 10.2. The first kappa shape index (κ1) is 15.3. The van der Waals surface area contributed by atoms with E-state index in [1.165, 1.54) is 0 Å². The molecule has 0 saturated carbocycles. The number of nitrogens with zero attached hydrogens (tertiary/aromatic N) is 1. The molecule has 2 aromatic rings. The van der Waals surface area contributed by atoms with Crippen LogP contribution in [0.25, 0.3) is 0 Å². The van der Waals surface area contributed by atoms with Gasteiger partial charge in [0.05, 0.1) is 6.21 Å². The molecule has 0 atom stereocenters. The summed E-state index contributed by atoms with van der Waals surface area (Å²) in [4.78, 5) is 0. The number of hydrogen-bond acceptors (Lipinski definition) is 4. The number of hydrazone groups is 1. The molecule has 3 rings (SSSR count). The van der Waals surface area contributed by atoms with Crippen molar-refractivity contribution in [2.75, 3.05) is 13.2 Å². The van der Waals surface area contributed by atoms with Gasteiger partial charge in [-0.1, -0.05) is 30.3 Å². The molecule has 1 aliphatic rings. The standard InChI is InChI=1S/C17H17N3O2S/c23-17(18-11-13-4-2-1-3-5-13)20-19-12-14-6-7-15-16(10-14)22-9-8-21-15/h1-7,10,12H,8-9,11H2,(H2,18,20,23). The van der Waals surface area contributed by atoms with E-state index in [1.807, 2.05) is 48.5 Å². The molecule has 118 valence electrons. The zero-order valence-corrected chi connectivity index (χ0v) is 13.3. The maximum absolute atomic E-state index is 5.53. The molecule has 0 amide bonds. The van der Waals surface area contributed by atoms with Gasteiger partial charge < -0.3 is 14.8 Å². The van der Waals surface area contributed by atoms with E-state index in [1.54, 1.807) is 6.21 Å². The summed E-state index contributed by atoms with van der Waals surface area (Å²) in [6.45, 7) is 1.81. The predicted molar refractivity (Wildman–Crippen MR) is 94.0 cm³/mol. The lowest BCUT2D eigenvalue weighted by Crippen LogP contribution is -2.31. The van der Waals surface area contributed by atoms with Gasteiger partial charge in [0.25, 0.3) is 0 Å². The second kappa shape index (κ2) is 7.60. The zero-order chi connectivity index (χ0) is 15.9. The van der Waals surface area contributed by atoms with Crippen molar-refractivity contribution in [3.8, 4) is 11.5 Å². The van der Waals surface area contributed by atoms with Crippen LogP contribution in [0.4, 0.5) is 0 Å². The van der Waals surface area contributed by atoms with E-state index in [9.17, 15) is 0 Å². The third kappa shape index (κ3) is 4.43. The second-order valence-corrected chi connectivity index (χ2v) is 5.35. The molecule has 6 heteroatoms. The minimum Gasteiger partial charge on any atom is -0.486 e. The highest BCUT2D eigenvalue weighted by Gasteiger charge is 2.10. The number of benzene rings is 2. The van der Waals surface area contributed by atoms with Gasteiger partial charge in [0.15, 0.2) is 16.6 Å². The summed E-state index contributed by atoms with van der Waals surface area (Å²) in [5, 5.41) is 7.70. The maximum Gasteiger partial charge on any atom is 0.187 e. The Kier molecular flexibility index (Phi) is 5.06. The van der Waals surface area contributed by atoms with Crippen LogP contribution in [0, 0.1) is 0 Å². The lowest BCUT2D eigenvalue weighted by molar-refractivity contribution is 0.171. The Labute approximate surface area is 140 Å². The number of fused-ring (bicyclic) bond motifs is 1. The maximum atomic E-state index is 5.53. The highest BCUT2D eigenvalue weighted by Crippen LogP contribution is 2.30. The molecule has 0 unspecified atom stereocenters. The van der Waals surface area contributed by atoms with Gasteiger partial charge in [-0.05, 0) is 41.5 Å². The van der Waals surface area contributed by atoms with Gasteiger partial charge in [0.2, 0.25) is 0 Å². The average molecular weight is 327 g/mol. The van der Waals surface area contributed by atoms with Gasteiger partial charge >= 0.3 is 0 Å². The third-order valence-electron chi connectivity index (χ3n) is 3.24. The topological polar surface area (TPSA) is 54.9 Å². The Morgan fingerprint density at radius 1 is 1.09 bits per heavy atom. The van der Waals surface area contributed by atoms with Crippen molar-refractivity contribution in [3.63, 3.8) is 0 Å². The largest absolute Gasteiger partial charge is 0.486 e. The van der Waals surface area contributed by atoms with Crippen LogP contribution in [0.3, 0.4) is 0 Å². The summed E-state index contributed by atoms with van der Waals surface area (Å²) in [7, 11) is 0. The molecule has 1 heterocycles. The Morgan fingerprint density at radius 2 is 1.87 bits per heavy atom. The van der Waals surface area contributed by atoms with Crippen LogP contribution >= 0.6 is 12.2 Å². The minimum absolute atomic E-state index is 0.475. The molecule has 23 heavy (non-hydrogen) atoms. The smallest absolute Gasteiger partial charge is 0.187 e. The molecule has 0 radical (unpaired) electrons. The molecule has 0 saturated heterocycles. The van der Waals surface area contributed by atoms with E-state index in [2.05, 4.69) is 15.8 Å². The first-order valence-corrected chi connectivity index (χ1v) is 7.72. The monoisotopic (exact) mass is 327 g/mol. The molecule has 2 N–H and O–H groups in total. The lowest BCUT2D eigenvalue weighted by Gasteiger charge is -2.18. The SMILES string of the molecule is S=C(NCc1ccccc1)NN=Cc1ccc2c(c1)OCCO2. The summed E-state index contributed by atoms with van der Waals surface area (Å²) in [5.74, 6) is 1.51. The van der Waals surface area contributed by atoms with Crippen molar-refractivity contribution in [1.82, 2.24) is 10.7 Å². The number of thiocarbonyl (C=S) groups is 1. The molecule has 0 bridgehead atoms. The Balaban J connectivity index is 1.49. The second-order valence-electron chi connectivity index (χ2n) is 4.94. The number of rotatable bonds is 4. The quantitative estimate of drug-likeness (QED) is 0.513. The molecule has 0 fully saturated rings. The Hall–Kier alpha value is -2.60. The van der Waals surface area contributed by atoms with Crippen molar-refractivity contribution in [2.45, 2.75) is 6.54 Å². The van der Waals surface area contributed by atoms with Crippen LogP contribution in [0.15, 0.2) is 53.6 Å². The molecule has 0 aromatic heterocycles. The summed E-state index contributed by atoms with van der Waals surface area (Å²) < 4.78 is 11.0. The summed E-state index contributed by atoms with van der Waals surface area (Å²) in [6.07, 6.45) is 1.69. The highest BCUT2D eigenvalue weighted by atomic mass is 32.1. The fourth-order valence-corrected chi connectivity index (χ4v) is 2.25. The molecule has 2 aromatic carbocycles. The van der Waals surface area contributed by atoms with Crippen molar-refractivity contribution in [1.29, 1.82) is 0 Å². The molecule has 0 aliphatic carbocycles. The Morgan fingerprint density at radius 3 is 2.70 bits per heavy atom. The van der Waals surface area contributed by atoms with Crippen molar-refractivity contribution in [2.24, 2.45) is 5.10 Å². The van der Waals surface area contributed by atoms with E-state index in [-0.39, 0.29) is 0 Å². The van der Waals surface area contributed by atoms with Crippen LogP contribution in [-0.2, 0) is 6.54 Å². The fourth-order valence-electron chi connectivity index (χ4n) is 2.12. The molecule has 1 aliphatic heterocycles. The van der Waals surface area contributed by atoms with E-state index in [0.717, 1.165) is 22.6 Å². The van der Waals surface area contributed by atoms with Gasteiger partial charge in [-0.15, -0.1) is 0 Å². The highest BCUT2D eigenvalue weighted by molar-refractivity contribution is 7.80. The van der Waals surface area contributed by atoms with Crippen LogP contribution in [0.5, 0.6) is 11.5 Å². The summed E-state index contributed by atoms with van der Waals surface area (Å²) >= 11 is 5.19. The zero-order valence-electron chi connectivity index (χ0n) is 12.5. The van der Waals surface area contributed by atoms with Crippen LogP contribution in [0.2, 0.25) is 0 Å². The molecular weight excluding hydrogens is 310 g/mol. The van der Waals surface area contributed by atoms with Crippen molar-refractivity contribution >= 4 is 23.5 Å². The third-order valence-corrected chi connectivity index (χ3v) is 3.48. The molecule has 5 nitrogen and oxygen atoms in total. The number of nitrogens with one attached hydrogen (secondary N) is 2. The van der Waals surface area contributed by atoms with E-state index < -0.39 is 0 Å². The molecule has 0 spiro atoms. The predicted octanol–water partition coefficient (Wildman–Crippen LogP) is 2.46. The van der Waals surface area contributed by atoms with Gasteiger partial charge in [-0.25, -0.2) is 0 Å². The normalized spacial score (nSPS) is 12.9. The Bertz CT molecular complexity index is 704. The molecular formula is C17H17N3O2S. The van der Waals surface area contributed by atoms with E-state index in [4.69, 9.17) is 21.7 Å². The number of ether oxygens (including phenoxy) is 2. The van der Waals surface area contributed by atoms with Gasteiger partial charge in [0.1, 0.15) is 13.2 Å². The fraction of sp³-hybridized carbons (Fsp3) is 0.176. The van der Waals surface area contributed by atoms with Crippen LogP contribution in [0.1, 0.15) is 11.1 Å². The number of hydrogen-bond donors (Lipinski definition) is 2. The van der Waals surface area contributed by atoms with Crippen LogP contribution in [-0.4, -0.2) is 24.5 Å². The van der Waals surface area contributed by atoms with Gasteiger partial charge in [0, 0.05) is 6.54 Å². The van der Waals surface area contributed by atoms with Gasteiger partial charge in [-0.3, -0.25) is 5.43 Å². The van der Waals surface area contributed by atoms with Crippen molar-refractivity contribution < 1.29 is 9.47 Å². The first-order valence-electron chi connectivity index (χ1n) is 7.32. The van der Waals surface area contributed by atoms with E-state index >= 15 is 0 Å². The van der Waals surface area contributed by atoms with Crippen LogP contribution < -0.4 is 20.2 Å². The average Bonchev–Trinajstić information content (AvgIpc) is 2.61. The first-order chi connectivity index (χ1) is 11.3. The minimum atomic E-state index is 0.475. The summed E-state index contributed by atoms with van der Waals surface area (Å²) in [6, 6.07) is 15.7. The van der Waals surface area contributed by atoms with Gasteiger partial charge in [-0.2, -0.15) is 5.10 Å². The van der Waals surface area contributed by atoms with Crippen molar-refractivity contribution in [3.05, 3.63) is 59.7 Å². The van der Waals surface area contributed by atoms with E-state index in [0.29, 0.717) is 24.9 Å².